The Kier molecular flexibility index (Phi) is 3.82. The van der Waals surface area contributed by atoms with E-state index in [-0.39, 0.29) is 11.9 Å². The van der Waals surface area contributed by atoms with E-state index in [1.807, 2.05) is 0 Å². The smallest absolute Gasteiger partial charge is 0.165 e. The fourth-order valence-corrected chi connectivity index (χ4v) is 2.20. The van der Waals surface area contributed by atoms with Gasteiger partial charge in [0.2, 0.25) is 0 Å². The van der Waals surface area contributed by atoms with Crippen LogP contribution in [0.2, 0.25) is 0 Å². The van der Waals surface area contributed by atoms with Gasteiger partial charge >= 0.3 is 0 Å². The number of rotatable bonds is 4. The minimum atomic E-state index is -0.296. The molecule has 1 N–H and O–H groups in total. The van der Waals surface area contributed by atoms with E-state index in [1.54, 1.807) is 12.1 Å². The number of halogens is 2. The Morgan fingerprint density at radius 3 is 2.94 bits per heavy atom. The van der Waals surface area contributed by atoms with E-state index in [0.717, 1.165) is 23.9 Å². The van der Waals surface area contributed by atoms with Crippen molar-refractivity contribution in [3.63, 3.8) is 0 Å². The first kappa shape index (κ1) is 11.9. The van der Waals surface area contributed by atoms with Crippen molar-refractivity contribution >= 4 is 15.9 Å². The molecule has 0 bridgehead atoms. The molecule has 0 spiro atoms. The SMILES string of the molecule is CCNC1CC(Oc2cc(Br)ccc2F)C1. The maximum atomic E-state index is 13.4. The van der Waals surface area contributed by atoms with E-state index in [0.29, 0.717) is 11.8 Å². The van der Waals surface area contributed by atoms with Gasteiger partial charge in [0.15, 0.2) is 11.6 Å². The molecule has 0 heterocycles. The molecule has 1 aliphatic carbocycles. The molecule has 1 saturated carbocycles. The van der Waals surface area contributed by atoms with Gasteiger partial charge < -0.3 is 10.1 Å². The maximum Gasteiger partial charge on any atom is 0.165 e. The average Bonchev–Trinajstić information content (AvgIpc) is 2.20. The van der Waals surface area contributed by atoms with Crippen LogP contribution in [0.4, 0.5) is 4.39 Å². The van der Waals surface area contributed by atoms with Crippen molar-refractivity contribution in [2.45, 2.75) is 31.9 Å². The number of hydrogen-bond donors (Lipinski definition) is 1. The number of nitrogens with one attached hydrogen (secondary N) is 1. The Hall–Kier alpha value is -0.610. The molecule has 0 atom stereocenters. The summed E-state index contributed by atoms with van der Waals surface area (Å²) in [6.07, 6.45) is 2.06. The molecule has 0 radical (unpaired) electrons. The molecule has 1 aromatic carbocycles. The van der Waals surface area contributed by atoms with Crippen LogP contribution >= 0.6 is 15.9 Å². The largest absolute Gasteiger partial charge is 0.487 e. The topological polar surface area (TPSA) is 21.3 Å². The Labute approximate surface area is 103 Å². The monoisotopic (exact) mass is 287 g/mol. The zero-order valence-electron chi connectivity index (χ0n) is 9.17. The van der Waals surface area contributed by atoms with E-state index in [2.05, 4.69) is 28.2 Å². The summed E-state index contributed by atoms with van der Waals surface area (Å²) < 4.78 is 19.8. The van der Waals surface area contributed by atoms with Gasteiger partial charge in [0.25, 0.3) is 0 Å². The van der Waals surface area contributed by atoms with E-state index in [9.17, 15) is 4.39 Å². The lowest BCUT2D eigenvalue weighted by Gasteiger charge is -2.35. The number of ether oxygens (including phenoxy) is 1. The van der Waals surface area contributed by atoms with Crippen molar-refractivity contribution < 1.29 is 9.13 Å². The summed E-state index contributed by atoms with van der Waals surface area (Å²) >= 11 is 3.30. The van der Waals surface area contributed by atoms with Crippen LogP contribution in [0, 0.1) is 5.82 Å². The van der Waals surface area contributed by atoms with Crippen LogP contribution in [-0.2, 0) is 0 Å². The normalized spacial score (nSPS) is 23.9. The molecule has 1 aliphatic rings. The minimum Gasteiger partial charge on any atom is -0.487 e. The minimum absolute atomic E-state index is 0.146. The molecular formula is C12H15BrFNO. The van der Waals surface area contributed by atoms with E-state index < -0.39 is 0 Å². The second kappa shape index (κ2) is 5.15. The fourth-order valence-electron chi connectivity index (χ4n) is 1.86. The highest BCUT2D eigenvalue weighted by Crippen LogP contribution is 2.29. The molecule has 0 unspecified atom stereocenters. The van der Waals surface area contributed by atoms with Gasteiger partial charge in [-0.25, -0.2) is 4.39 Å². The zero-order chi connectivity index (χ0) is 11.5. The molecule has 16 heavy (non-hydrogen) atoms. The molecular weight excluding hydrogens is 273 g/mol. The molecule has 0 saturated heterocycles. The molecule has 2 nitrogen and oxygen atoms in total. The lowest BCUT2D eigenvalue weighted by molar-refractivity contribution is 0.0818. The summed E-state index contributed by atoms with van der Waals surface area (Å²) in [6.45, 7) is 3.06. The number of hydrogen-bond acceptors (Lipinski definition) is 2. The molecule has 2 rings (SSSR count). The average molecular weight is 288 g/mol. The molecule has 88 valence electrons. The lowest BCUT2D eigenvalue weighted by Crippen LogP contribution is -2.46. The Morgan fingerprint density at radius 1 is 1.50 bits per heavy atom. The van der Waals surface area contributed by atoms with Crippen molar-refractivity contribution in [2.24, 2.45) is 0 Å². The first-order valence-corrected chi connectivity index (χ1v) is 6.33. The van der Waals surface area contributed by atoms with E-state index >= 15 is 0 Å². The first-order valence-electron chi connectivity index (χ1n) is 5.54. The maximum absolute atomic E-state index is 13.4. The van der Waals surface area contributed by atoms with E-state index in [4.69, 9.17) is 4.74 Å². The molecule has 0 aliphatic heterocycles. The highest BCUT2D eigenvalue weighted by atomic mass is 79.9. The van der Waals surface area contributed by atoms with Crippen LogP contribution in [0.25, 0.3) is 0 Å². The van der Waals surface area contributed by atoms with Crippen LogP contribution < -0.4 is 10.1 Å². The third kappa shape index (κ3) is 2.74. The highest BCUT2D eigenvalue weighted by Gasteiger charge is 2.30. The zero-order valence-corrected chi connectivity index (χ0v) is 10.8. The standard InChI is InChI=1S/C12H15BrFNO/c1-2-15-9-6-10(7-9)16-12-5-8(13)3-4-11(12)14/h3-5,9-10,15H,2,6-7H2,1H3. The van der Waals surface area contributed by atoms with Crippen LogP contribution in [-0.4, -0.2) is 18.7 Å². The van der Waals surface area contributed by atoms with E-state index in [1.165, 1.54) is 6.07 Å². The van der Waals surface area contributed by atoms with Gasteiger partial charge in [0.1, 0.15) is 6.10 Å². The van der Waals surface area contributed by atoms with Crippen molar-refractivity contribution in [1.82, 2.24) is 5.32 Å². The second-order valence-electron chi connectivity index (χ2n) is 4.04. The van der Waals surface area contributed by atoms with Gasteiger partial charge in [-0.2, -0.15) is 0 Å². The van der Waals surface area contributed by atoms with Gasteiger partial charge in [-0.05, 0) is 37.6 Å². The van der Waals surface area contributed by atoms with Crippen molar-refractivity contribution in [2.75, 3.05) is 6.54 Å². The van der Waals surface area contributed by atoms with Crippen LogP contribution in [0.3, 0.4) is 0 Å². The number of benzene rings is 1. The van der Waals surface area contributed by atoms with Crippen LogP contribution in [0.15, 0.2) is 22.7 Å². The Morgan fingerprint density at radius 2 is 2.25 bits per heavy atom. The molecule has 0 aromatic heterocycles. The third-order valence-corrected chi connectivity index (χ3v) is 3.27. The van der Waals surface area contributed by atoms with Gasteiger partial charge in [0, 0.05) is 10.5 Å². The van der Waals surface area contributed by atoms with Gasteiger partial charge in [-0.1, -0.05) is 22.9 Å². The summed E-state index contributed by atoms with van der Waals surface area (Å²) in [6, 6.07) is 5.30. The molecule has 1 fully saturated rings. The van der Waals surface area contributed by atoms with Crippen molar-refractivity contribution in [3.8, 4) is 5.75 Å². The summed E-state index contributed by atoms with van der Waals surface area (Å²) in [4.78, 5) is 0. The fraction of sp³-hybridized carbons (Fsp3) is 0.500. The second-order valence-corrected chi connectivity index (χ2v) is 4.96. The van der Waals surface area contributed by atoms with Gasteiger partial charge in [-0.15, -0.1) is 0 Å². The van der Waals surface area contributed by atoms with Gasteiger partial charge in [-0.3, -0.25) is 0 Å². The third-order valence-electron chi connectivity index (χ3n) is 2.77. The molecule has 1 aromatic rings. The Bertz CT molecular complexity index is 366. The Balaban J connectivity index is 1.89. The predicted molar refractivity (Wildman–Crippen MR) is 65.2 cm³/mol. The first-order chi connectivity index (χ1) is 7.69. The van der Waals surface area contributed by atoms with Crippen molar-refractivity contribution in [1.29, 1.82) is 0 Å². The summed E-state index contributed by atoms with van der Waals surface area (Å²) in [7, 11) is 0. The van der Waals surface area contributed by atoms with Gasteiger partial charge in [0.05, 0.1) is 0 Å². The highest BCUT2D eigenvalue weighted by molar-refractivity contribution is 9.10. The quantitative estimate of drug-likeness (QED) is 0.919. The van der Waals surface area contributed by atoms with Crippen molar-refractivity contribution in [3.05, 3.63) is 28.5 Å². The van der Waals surface area contributed by atoms with Crippen LogP contribution in [0.5, 0.6) is 5.75 Å². The molecule has 0 amide bonds. The molecule has 4 heteroatoms. The summed E-state index contributed by atoms with van der Waals surface area (Å²) in [5, 5.41) is 3.34. The lowest BCUT2D eigenvalue weighted by atomic mass is 9.89. The predicted octanol–water partition coefficient (Wildman–Crippen LogP) is 3.11. The van der Waals surface area contributed by atoms with Crippen LogP contribution in [0.1, 0.15) is 19.8 Å². The summed E-state index contributed by atoms with van der Waals surface area (Å²) in [5.41, 5.74) is 0. The summed E-state index contributed by atoms with van der Waals surface area (Å²) in [5.74, 6) is 0.0458.